The third-order valence-corrected chi connectivity index (χ3v) is 4.20. The van der Waals surface area contributed by atoms with Gasteiger partial charge in [-0.15, -0.1) is 5.06 Å². The number of hydrogen-bond acceptors (Lipinski definition) is 4. The number of hydroxylamine groups is 2. The molecule has 118 valence electrons. The monoisotopic (exact) mass is 303 g/mol. The highest BCUT2D eigenvalue weighted by atomic mass is 16.7. The number of nitrogens with zero attached hydrogens (tertiary/aromatic N) is 2. The van der Waals surface area contributed by atoms with E-state index in [1.165, 1.54) is 0 Å². The van der Waals surface area contributed by atoms with Crippen molar-refractivity contribution < 1.29 is 14.4 Å². The van der Waals surface area contributed by atoms with Crippen LogP contribution in [0.5, 0.6) is 0 Å². The largest absolute Gasteiger partial charge is 0.364 e. The summed E-state index contributed by atoms with van der Waals surface area (Å²) in [5.74, 6) is -0.324. The van der Waals surface area contributed by atoms with Crippen LogP contribution in [0.3, 0.4) is 0 Å². The molecule has 0 radical (unpaired) electrons. The Balaban J connectivity index is 1.49. The van der Waals surface area contributed by atoms with E-state index in [4.69, 9.17) is 4.84 Å². The predicted molar refractivity (Wildman–Crippen MR) is 81.2 cm³/mol. The molecule has 2 fully saturated rings. The molecule has 3 rings (SSSR count). The zero-order valence-corrected chi connectivity index (χ0v) is 12.5. The molecule has 0 unspecified atom stereocenters. The van der Waals surface area contributed by atoms with E-state index in [0.717, 1.165) is 32.4 Å². The third-order valence-electron chi connectivity index (χ3n) is 4.20. The van der Waals surface area contributed by atoms with Crippen LogP contribution in [0.2, 0.25) is 0 Å². The summed E-state index contributed by atoms with van der Waals surface area (Å²) < 4.78 is 0. The van der Waals surface area contributed by atoms with Crippen molar-refractivity contribution in [3.8, 4) is 0 Å². The van der Waals surface area contributed by atoms with Crippen molar-refractivity contribution >= 4 is 12.0 Å². The molecular weight excluding hydrogens is 282 g/mol. The van der Waals surface area contributed by atoms with Gasteiger partial charge in [-0.25, -0.2) is 9.59 Å². The molecule has 0 spiro atoms. The molecule has 1 N–H and O–H groups in total. The Hall–Kier alpha value is -2.08. The van der Waals surface area contributed by atoms with Crippen molar-refractivity contribution in [2.24, 2.45) is 0 Å². The van der Waals surface area contributed by atoms with Gasteiger partial charge >= 0.3 is 12.0 Å². The van der Waals surface area contributed by atoms with Crippen molar-refractivity contribution in [2.45, 2.75) is 25.3 Å². The SMILES string of the molecule is O=C(ON1CCC(N2CCCNC2=O)CC1)c1ccccc1. The summed E-state index contributed by atoms with van der Waals surface area (Å²) in [6.07, 6.45) is 2.65. The zero-order valence-electron chi connectivity index (χ0n) is 12.5. The van der Waals surface area contributed by atoms with Gasteiger partial charge in [0.2, 0.25) is 0 Å². The minimum Gasteiger partial charge on any atom is -0.364 e. The summed E-state index contributed by atoms with van der Waals surface area (Å²) in [6.45, 7) is 2.91. The van der Waals surface area contributed by atoms with Crippen molar-refractivity contribution in [2.75, 3.05) is 26.2 Å². The minimum atomic E-state index is -0.324. The van der Waals surface area contributed by atoms with Gasteiger partial charge < -0.3 is 15.1 Å². The average molecular weight is 303 g/mol. The molecule has 0 aliphatic carbocycles. The second-order valence-electron chi connectivity index (χ2n) is 5.68. The number of amides is 2. The highest BCUT2D eigenvalue weighted by Crippen LogP contribution is 2.19. The molecule has 2 heterocycles. The van der Waals surface area contributed by atoms with Gasteiger partial charge in [0.25, 0.3) is 0 Å². The van der Waals surface area contributed by atoms with Gasteiger partial charge in [0.05, 0.1) is 5.56 Å². The Labute approximate surface area is 130 Å². The van der Waals surface area contributed by atoms with Crippen LogP contribution < -0.4 is 5.32 Å². The van der Waals surface area contributed by atoms with E-state index in [0.29, 0.717) is 18.7 Å². The van der Waals surface area contributed by atoms with E-state index in [9.17, 15) is 9.59 Å². The van der Waals surface area contributed by atoms with Crippen LogP contribution in [-0.2, 0) is 4.84 Å². The summed E-state index contributed by atoms with van der Waals surface area (Å²) in [5, 5.41) is 4.58. The molecule has 2 aliphatic rings. The highest BCUT2D eigenvalue weighted by molar-refractivity contribution is 5.89. The van der Waals surface area contributed by atoms with Crippen LogP contribution in [0.25, 0.3) is 0 Å². The van der Waals surface area contributed by atoms with Crippen molar-refractivity contribution in [3.63, 3.8) is 0 Å². The lowest BCUT2D eigenvalue weighted by atomic mass is 10.0. The van der Waals surface area contributed by atoms with Crippen molar-refractivity contribution in [1.82, 2.24) is 15.3 Å². The van der Waals surface area contributed by atoms with Gasteiger partial charge in [-0.2, -0.15) is 0 Å². The number of hydrogen-bond donors (Lipinski definition) is 1. The summed E-state index contributed by atoms with van der Waals surface area (Å²) in [6, 6.07) is 9.26. The molecule has 0 bridgehead atoms. The van der Waals surface area contributed by atoms with Gasteiger partial charge in [-0.05, 0) is 31.4 Å². The quantitative estimate of drug-likeness (QED) is 0.922. The smallest absolute Gasteiger partial charge is 0.357 e. The molecule has 6 heteroatoms. The van der Waals surface area contributed by atoms with E-state index in [2.05, 4.69) is 5.32 Å². The Morgan fingerprint density at radius 3 is 2.55 bits per heavy atom. The average Bonchev–Trinajstić information content (AvgIpc) is 2.57. The van der Waals surface area contributed by atoms with Crippen molar-refractivity contribution in [1.29, 1.82) is 0 Å². The molecule has 2 aliphatic heterocycles. The van der Waals surface area contributed by atoms with E-state index in [1.54, 1.807) is 17.2 Å². The lowest BCUT2D eigenvalue weighted by Gasteiger charge is -2.39. The first-order valence-electron chi connectivity index (χ1n) is 7.81. The van der Waals surface area contributed by atoms with Gasteiger partial charge in [-0.3, -0.25) is 0 Å². The first-order valence-corrected chi connectivity index (χ1v) is 7.81. The Kier molecular flexibility index (Phi) is 4.58. The van der Waals surface area contributed by atoms with Gasteiger partial charge in [-0.1, -0.05) is 18.2 Å². The van der Waals surface area contributed by atoms with Gasteiger partial charge in [0, 0.05) is 32.2 Å². The van der Waals surface area contributed by atoms with Crippen LogP contribution in [0.15, 0.2) is 30.3 Å². The number of nitrogens with one attached hydrogen (secondary N) is 1. The molecule has 6 nitrogen and oxygen atoms in total. The number of rotatable bonds is 3. The molecule has 1 aromatic carbocycles. The summed E-state index contributed by atoms with van der Waals surface area (Å²) in [7, 11) is 0. The Morgan fingerprint density at radius 1 is 1.14 bits per heavy atom. The van der Waals surface area contributed by atoms with Crippen LogP contribution in [0.4, 0.5) is 4.79 Å². The second kappa shape index (κ2) is 6.79. The number of urea groups is 1. The van der Waals surface area contributed by atoms with E-state index >= 15 is 0 Å². The molecule has 2 amide bonds. The molecule has 0 saturated carbocycles. The molecule has 0 aromatic heterocycles. The Morgan fingerprint density at radius 2 is 1.86 bits per heavy atom. The van der Waals surface area contributed by atoms with E-state index < -0.39 is 0 Å². The summed E-state index contributed by atoms with van der Waals surface area (Å²) in [4.78, 5) is 31.2. The standard InChI is InChI=1S/C16H21N3O3/c20-15(13-5-2-1-3-6-13)22-18-11-7-14(8-12-18)19-10-4-9-17-16(19)21/h1-3,5-6,14H,4,7-12H2,(H,17,21). The lowest BCUT2D eigenvalue weighted by molar-refractivity contribution is -0.127. The van der Waals surface area contributed by atoms with Gasteiger partial charge in [0.1, 0.15) is 0 Å². The van der Waals surface area contributed by atoms with Crippen molar-refractivity contribution in [3.05, 3.63) is 35.9 Å². The highest BCUT2D eigenvalue weighted by Gasteiger charge is 2.30. The molecule has 1 aromatic rings. The van der Waals surface area contributed by atoms with Crippen LogP contribution in [0.1, 0.15) is 29.6 Å². The topological polar surface area (TPSA) is 61.9 Å². The van der Waals surface area contributed by atoms with Crippen LogP contribution in [-0.4, -0.2) is 54.2 Å². The first kappa shape index (κ1) is 14.8. The third kappa shape index (κ3) is 3.39. The maximum Gasteiger partial charge on any atom is 0.357 e. The lowest BCUT2D eigenvalue weighted by Crippen LogP contribution is -2.54. The molecular formula is C16H21N3O3. The van der Waals surface area contributed by atoms with Crippen LogP contribution in [0, 0.1) is 0 Å². The fraction of sp³-hybridized carbons (Fsp3) is 0.500. The number of piperidine rings is 1. The molecule has 0 atom stereocenters. The fourth-order valence-corrected chi connectivity index (χ4v) is 2.99. The van der Waals surface area contributed by atoms with E-state index in [1.807, 2.05) is 23.1 Å². The van der Waals surface area contributed by atoms with Crippen LogP contribution >= 0.6 is 0 Å². The number of carbonyl (C=O) groups excluding carboxylic acids is 2. The number of benzene rings is 1. The normalized spacial score (nSPS) is 20.5. The van der Waals surface area contributed by atoms with Gasteiger partial charge in [0.15, 0.2) is 0 Å². The fourth-order valence-electron chi connectivity index (χ4n) is 2.99. The summed E-state index contributed by atoms with van der Waals surface area (Å²) in [5.41, 5.74) is 0.556. The molecule has 2 saturated heterocycles. The maximum atomic E-state index is 12.0. The van der Waals surface area contributed by atoms with E-state index in [-0.39, 0.29) is 18.0 Å². The second-order valence-corrected chi connectivity index (χ2v) is 5.68. The molecule has 22 heavy (non-hydrogen) atoms. The number of carbonyl (C=O) groups is 2. The maximum absolute atomic E-state index is 12.0. The summed E-state index contributed by atoms with van der Waals surface area (Å²) >= 11 is 0. The predicted octanol–water partition coefficient (Wildman–Crippen LogP) is 1.64. The first-order chi connectivity index (χ1) is 10.7. The Bertz CT molecular complexity index is 527. The minimum absolute atomic E-state index is 0.0333. The zero-order chi connectivity index (χ0) is 15.4.